The van der Waals surface area contributed by atoms with Crippen molar-refractivity contribution in [1.82, 2.24) is 0 Å². The van der Waals surface area contributed by atoms with Gasteiger partial charge in [0.1, 0.15) is 6.07 Å². The van der Waals surface area contributed by atoms with Crippen LogP contribution in [0.2, 0.25) is 0 Å². The van der Waals surface area contributed by atoms with Crippen LogP contribution in [-0.4, -0.2) is 4.92 Å². The van der Waals surface area contributed by atoms with Gasteiger partial charge in [0, 0.05) is 12.1 Å². The van der Waals surface area contributed by atoms with E-state index in [1.807, 2.05) is 6.07 Å². The number of nitrogens with two attached hydrogens (primary N) is 1. The summed E-state index contributed by atoms with van der Waals surface area (Å²) in [5.74, 6) is 0. The first kappa shape index (κ1) is 11.6. The Morgan fingerprint density at radius 2 is 1.89 bits per heavy atom. The van der Waals surface area contributed by atoms with Gasteiger partial charge >= 0.3 is 0 Å². The molecule has 2 aromatic carbocycles. The van der Waals surface area contributed by atoms with E-state index < -0.39 is 4.92 Å². The Kier molecular flexibility index (Phi) is 2.94. The number of hydrogen-bond acceptors (Lipinski definition) is 4. The molecule has 0 aliphatic rings. The molecule has 0 heterocycles. The second-order valence-electron chi connectivity index (χ2n) is 3.72. The summed E-state index contributed by atoms with van der Waals surface area (Å²) in [4.78, 5) is 10.2. The third-order valence-electron chi connectivity index (χ3n) is 2.56. The van der Waals surface area contributed by atoms with Crippen molar-refractivity contribution in [3.05, 3.63) is 58.1 Å². The summed E-state index contributed by atoms with van der Waals surface area (Å²) >= 11 is 0. The molecule has 0 aliphatic carbocycles. The summed E-state index contributed by atoms with van der Waals surface area (Å²) in [6.45, 7) is 0. The van der Waals surface area contributed by atoms with E-state index in [4.69, 9.17) is 11.0 Å². The van der Waals surface area contributed by atoms with Crippen LogP contribution in [0.3, 0.4) is 0 Å². The number of anilines is 1. The highest BCUT2D eigenvalue weighted by molar-refractivity contribution is 5.72. The minimum atomic E-state index is -0.448. The Bertz CT molecular complexity index is 660. The summed E-state index contributed by atoms with van der Waals surface area (Å²) in [5, 5.41) is 19.5. The van der Waals surface area contributed by atoms with E-state index in [1.54, 1.807) is 30.3 Å². The predicted octanol–water partition coefficient (Wildman–Crippen LogP) is 2.72. The zero-order valence-electron chi connectivity index (χ0n) is 9.33. The maximum Gasteiger partial charge on any atom is 0.270 e. The van der Waals surface area contributed by atoms with Gasteiger partial charge in [-0.15, -0.1) is 0 Å². The smallest absolute Gasteiger partial charge is 0.270 e. The van der Waals surface area contributed by atoms with E-state index in [0.29, 0.717) is 16.8 Å². The highest BCUT2D eigenvalue weighted by Crippen LogP contribution is 2.26. The second kappa shape index (κ2) is 4.55. The third kappa shape index (κ3) is 2.13. The predicted molar refractivity (Wildman–Crippen MR) is 67.7 cm³/mol. The van der Waals surface area contributed by atoms with Gasteiger partial charge in [-0.1, -0.05) is 18.2 Å². The molecule has 0 radical (unpaired) electrons. The summed E-state index contributed by atoms with van der Waals surface area (Å²) in [6, 6.07) is 13.2. The quantitative estimate of drug-likeness (QED) is 0.495. The normalized spacial score (nSPS) is 9.72. The van der Waals surface area contributed by atoms with Gasteiger partial charge in [0.2, 0.25) is 0 Å². The van der Waals surface area contributed by atoms with Crippen LogP contribution in [0.5, 0.6) is 0 Å². The average Bonchev–Trinajstić information content (AvgIpc) is 2.38. The first-order valence-electron chi connectivity index (χ1n) is 5.16. The number of nitro groups is 1. The molecular formula is C13H9N3O2. The van der Waals surface area contributed by atoms with Crippen LogP contribution in [0.4, 0.5) is 11.4 Å². The third-order valence-corrected chi connectivity index (χ3v) is 2.56. The molecule has 0 unspecified atom stereocenters. The number of nitro benzene ring substituents is 1. The monoisotopic (exact) mass is 239 g/mol. The first-order chi connectivity index (χ1) is 8.61. The number of rotatable bonds is 2. The largest absolute Gasteiger partial charge is 0.398 e. The maximum atomic E-state index is 10.7. The number of hydrogen-bond donors (Lipinski definition) is 1. The molecule has 5 nitrogen and oxygen atoms in total. The van der Waals surface area contributed by atoms with Crippen molar-refractivity contribution in [1.29, 1.82) is 5.26 Å². The number of benzene rings is 2. The van der Waals surface area contributed by atoms with Crippen molar-refractivity contribution in [2.45, 2.75) is 0 Å². The van der Waals surface area contributed by atoms with Crippen LogP contribution in [0.15, 0.2) is 42.5 Å². The van der Waals surface area contributed by atoms with Crippen LogP contribution in [-0.2, 0) is 0 Å². The highest BCUT2D eigenvalue weighted by Gasteiger charge is 2.08. The van der Waals surface area contributed by atoms with Crippen molar-refractivity contribution in [2.24, 2.45) is 0 Å². The Morgan fingerprint density at radius 3 is 2.50 bits per heavy atom. The molecule has 88 valence electrons. The Hall–Kier alpha value is -2.87. The Balaban J connectivity index is 2.49. The molecule has 0 aromatic heterocycles. The molecule has 0 atom stereocenters. The fraction of sp³-hybridized carbons (Fsp3) is 0. The molecule has 2 rings (SSSR count). The number of nitriles is 1. The first-order valence-corrected chi connectivity index (χ1v) is 5.16. The fourth-order valence-electron chi connectivity index (χ4n) is 1.64. The van der Waals surface area contributed by atoms with E-state index in [-0.39, 0.29) is 5.69 Å². The lowest BCUT2D eigenvalue weighted by atomic mass is 10.0. The second-order valence-corrected chi connectivity index (χ2v) is 3.72. The highest BCUT2D eigenvalue weighted by atomic mass is 16.6. The molecule has 0 spiro atoms. The van der Waals surface area contributed by atoms with Gasteiger partial charge in [0.25, 0.3) is 5.69 Å². The van der Waals surface area contributed by atoms with E-state index in [0.717, 1.165) is 5.56 Å². The standard InChI is InChI=1S/C13H9N3O2/c14-8-11-5-4-10(7-13(11)15)9-2-1-3-12(6-9)16(17)18/h1-7H,15H2. The number of nitrogen functional groups attached to an aromatic ring is 1. The molecule has 0 bridgehead atoms. The minimum absolute atomic E-state index is 0.0235. The van der Waals surface area contributed by atoms with E-state index in [2.05, 4.69) is 0 Å². The van der Waals surface area contributed by atoms with Gasteiger partial charge in [-0.2, -0.15) is 5.26 Å². The Morgan fingerprint density at radius 1 is 1.17 bits per heavy atom. The molecule has 5 heteroatoms. The van der Waals surface area contributed by atoms with Crippen LogP contribution in [0.25, 0.3) is 11.1 Å². The van der Waals surface area contributed by atoms with E-state index in [9.17, 15) is 10.1 Å². The van der Waals surface area contributed by atoms with Crippen molar-refractivity contribution >= 4 is 11.4 Å². The summed E-state index contributed by atoms with van der Waals surface area (Å²) < 4.78 is 0. The zero-order valence-corrected chi connectivity index (χ0v) is 9.33. The van der Waals surface area contributed by atoms with Crippen LogP contribution < -0.4 is 5.73 Å². The topological polar surface area (TPSA) is 92.9 Å². The lowest BCUT2D eigenvalue weighted by Crippen LogP contribution is -1.92. The average molecular weight is 239 g/mol. The van der Waals surface area contributed by atoms with Crippen molar-refractivity contribution in [2.75, 3.05) is 5.73 Å². The van der Waals surface area contributed by atoms with Gasteiger partial charge in [-0.3, -0.25) is 10.1 Å². The van der Waals surface area contributed by atoms with E-state index in [1.165, 1.54) is 12.1 Å². The molecule has 0 aliphatic heterocycles. The SMILES string of the molecule is N#Cc1ccc(-c2cccc([N+](=O)[O-])c2)cc1N. The molecule has 18 heavy (non-hydrogen) atoms. The summed E-state index contributed by atoms with van der Waals surface area (Å²) in [5.41, 5.74) is 7.93. The molecule has 2 aromatic rings. The Labute approximate surface area is 103 Å². The molecular weight excluding hydrogens is 230 g/mol. The van der Waals surface area contributed by atoms with Gasteiger partial charge in [-0.05, 0) is 23.3 Å². The number of nitrogens with zero attached hydrogens (tertiary/aromatic N) is 2. The lowest BCUT2D eigenvalue weighted by molar-refractivity contribution is -0.384. The summed E-state index contributed by atoms with van der Waals surface area (Å²) in [6.07, 6.45) is 0. The molecule has 0 saturated heterocycles. The van der Waals surface area contributed by atoms with Gasteiger partial charge < -0.3 is 5.73 Å². The molecule has 0 saturated carbocycles. The lowest BCUT2D eigenvalue weighted by Gasteiger charge is -2.04. The fourth-order valence-corrected chi connectivity index (χ4v) is 1.64. The van der Waals surface area contributed by atoms with Crippen molar-refractivity contribution in [3.63, 3.8) is 0 Å². The van der Waals surface area contributed by atoms with Gasteiger partial charge in [-0.25, -0.2) is 0 Å². The van der Waals surface area contributed by atoms with Crippen LogP contribution >= 0.6 is 0 Å². The van der Waals surface area contributed by atoms with E-state index >= 15 is 0 Å². The number of non-ortho nitro benzene ring substituents is 1. The van der Waals surface area contributed by atoms with Crippen LogP contribution in [0, 0.1) is 21.4 Å². The summed E-state index contributed by atoms with van der Waals surface area (Å²) in [7, 11) is 0. The van der Waals surface area contributed by atoms with Gasteiger partial charge in [0.05, 0.1) is 16.2 Å². The molecule has 0 fully saturated rings. The molecule has 2 N–H and O–H groups in total. The maximum absolute atomic E-state index is 10.7. The van der Waals surface area contributed by atoms with Gasteiger partial charge in [0.15, 0.2) is 0 Å². The van der Waals surface area contributed by atoms with Crippen molar-refractivity contribution < 1.29 is 4.92 Å². The minimum Gasteiger partial charge on any atom is -0.398 e. The van der Waals surface area contributed by atoms with Crippen molar-refractivity contribution in [3.8, 4) is 17.2 Å². The van der Waals surface area contributed by atoms with Crippen LogP contribution in [0.1, 0.15) is 5.56 Å². The molecule has 0 amide bonds. The zero-order chi connectivity index (χ0) is 13.1.